The monoisotopic (exact) mass is 454 g/mol. The maximum atomic E-state index is 12.7. The topological polar surface area (TPSA) is 82.2 Å². The fourth-order valence-electron chi connectivity index (χ4n) is 4.22. The molecule has 0 saturated heterocycles. The summed E-state index contributed by atoms with van der Waals surface area (Å²) in [6, 6.07) is 11.9. The largest absolute Gasteiger partial charge is 0.497 e. The third-order valence-electron chi connectivity index (χ3n) is 6.08. The summed E-state index contributed by atoms with van der Waals surface area (Å²) in [4.78, 5) is 12.7. The third-order valence-corrected chi connectivity index (χ3v) is 7.14. The Labute approximate surface area is 192 Å². The molecule has 0 aliphatic heterocycles. The van der Waals surface area contributed by atoms with Gasteiger partial charge in [-0.05, 0) is 62.1 Å². The van der Waals surface area contributed by atoms with E-state index in [0.29, 0.717) is 18.5 Å². The van der Waals surface area contributed by atoms with Crippen LogP contribution >= 0.6 is 11.8 Å². The number of rotatable bonds is 8. The molecule has 170 valence electrons. The SMILES string of the molecule is COc1ccc(-c2nnc(S[C@H](C)C(=O)NCc3ccco3)n2[C@H]2CCCC[C@H]2C)cc1. The summed E-state index contributed by atoms with van der Waals surface area (Å²) in [6.45, 7) is 4.58. The fourth-order valence-corrected chi connectivity index (χ4v) is 5.15. The highest BCUT2D eigenvalue weighted by Crippen LogP contribution is 2.39. The van der Waals surface area contributed by atoms with Gasteiger partial charge in [-0.25, -0.2) is 0 Å². The maximum Gasteiger partial charge on any atom is 0.233 e. The summed E-state index contributed by atoms with van der Waals surface area (Å²) >= 11 is 1.46. The van der Waals surface area contributed by atoms with Crippen molar-refractivity contribution in [1.29, 1.82) is 0 Å². The second kappa shape index (κ2) is 10.3. The van der Waals surface area contributed by atoms with Gasteiger partial charge in [0.2, 0.25) is 5.91 Å². The molecule has 1 aromatic carbocycles. The van der Waals surface area contributed by atoms with Gasteiger partial charge in [0.15, 0.2) is 11.0 Å². The Morgan fingerprint density at radius 1 is 1.25 bits per heavy atom. The highest BCUT2D eigenvalue weighted by molar-refractivity contribution is 8.00. The van der Waals surface area contributed by atoms with E-state index in [2.05, 4.69) is 27.0 Å². The first-order chi connectivity index (χ1) is 15.6. The van der Waals surface area contributed by atoms with Gasteiger partial charge in [0, 0.05) is 11.6 Å². The molecule has 1 aliphatic carbocycles. The first-order valence-electron chi connectivity index (χ1n) is 11.1. The van der Waals surface area contributed by atoms with Crippen molar-refractivity contribution in [2.24, 2.45) is 5.92 Å². The highest BCUT2D eigenvalue weighted by atomic mass is 32.2. The highest BCUT2D eigenvalue weighted by Gasteiger charge is 2.30. The minimum Gasteiger partial charge on any atom is -0.497 e. The molecule has 1 fully saturated rings. The molecule has 32 heavy (non-hydrogen) atoms. The molecule has 1 amide bonds. The van der Waals surface area contributed by atoms with Crippen LogP contribution in [0.25, 0.3) is 11.4 Å². The van der Waals surface area contributed by atoms with E-state index in [1.807, 2.05) is 43.3 Å². The number of hydrogen-bond donors (Lipinski definition) is 1. The van der Waals surface area contributed by atoms with Gasteiger partial charge < -0.3 is 14.5 Å². The molecule has 3 atom stereocenters. The van der Waals surface area contributed by atoms with Crippen molar-refractivity contribution in [2.75, 3.05) is 7.11 Å². The number of carbonyl (C=O) groups excluding carboxylic acids is 1. The average molecular weight is 455 g/mol. The molecule has 4 rings (SSSR count). The second-order valence-corrected chi connectivity index (χ2v) is 9.60. The number of thioether (sulfide) groups is 1. The Bertz CT molecular complexity index is 1020. The maximum absolute atomic E-state index is 12.7. The van der Waals surface area contributed by atoms with Crippen LogP contribution in [0.4, 0.5) is 0 Å². The molecule has 0 radical (unpaired) electrons. The molecule has 0 bridgehead atoms. The van der Waals surface area contributed by atoms with Crippen molar-refractivity contribution in [3.8, 4) is 17.1 Å². The van der Waals surface area contributed by atoms with E-state index in [9.17, 15) is 4.79 Å². The van der Waals surface area contributed by atoms with E-state index in [4.69, 9.17) is 9.15 Å². The Kier molecular flexibility index (Phi) is 7.19. The number of methoxy groups -OCH3 is 1. The smallest absolute Gasteiger partial charge is 0.233 e. The zero-order valence-electron chi connectivity index (χ0n) is 18.8. The summed E-state index contributed by atoms with van der Waals surface area (Å²) in [5.74, 6) is 2.86. The molecule has 0 unspecified atom stereocenters. The molecule has 8 heteroatoms. The molecule has 3 aromatic rings. The van der Waals surface area contributed by atoms with Crippen LogP contribution in [0.2, 0.25) is 0 Å². The van der Waals surface area contributed by atoms with Gasteiger partial charge >= 0.3 is 0 Å². The van der Waals surface area contributed by atoms with Crippen LogP contribution in [0.5, 0.6) is 5.75 Å². The van der Waals surface area contributed by atoms with Crippen molar-refractivity contribution in [3.05, 3.63) is 48.4 Å². The normalized spacial score (nSPS) is 19.5. The van der Waals surface area contributed by atoms with Crippen molar-refractivity contribution in [1.82, 2.24) is 20.1 Å². The molecule has 1 aliphatic rings. The predicted octanol–water partition coefficient (Wildman–Crippen LogP) is 5.09. The van der Waals surface area contributed by atoms with Crippen LogP contribution < -0.4 is 10.1 Å². The summed E-state index contributed by atoms with van der Waals surface area (Å²) < 4.78 is 12.9. The molecule has 2 aromatic heterocycles. The van der Waals surface area contributed by atoms with Crippen LogP contribution in [-0.4, -0.2) is 33.0 Å². The lowest BCUT2D eigenvalue weighted by atomic mass is 9.85. The van der Waals surface area contributed by atoms with E-state index < -0.39 is 0 Å². The number of nitrogens with one attached hydrogen (secondary N) is 1. The number of furan rings is 1. The number of amides is 1. The third kappa shape index (κ3) is 5.01. The first kappa shape index (κ1) is 22.5. The van der Waals surface area contributed by atoms with Gasteiger partial charge in [-0.3, -0.25) is 9.36 Å². The number of ether oxygens (including phenoxy) is 1. The lowest BCUT2D eigenvalue weighted by Crippen LogP contribution is -2.31. The van der Waals surface area contributed by atoms with Gasteiger partial charge in [-0.1, -0.05) is 31.5 Å². The van der Waals surface area contributed by atoms with E-state index >= 15 is 0 Å². The number of nitrogens with zero attached hydrogens (tertiary/aromatic N) is 3. The van der Waals surface area contributed by atoms with Crippen LogP contribution in [0.15, 0.2) is 52.2 Å². The summed E-state index contributed by atoms with van der Waals surface area (Å²) in [5, 5.41) is 12.5. The lowest BCUT2D eigenvalue weighted by Gasteiger charge is -2.31. The minimum atomic E-state index is -0.310. The zero-order valence-corrected chi connectivity index (χ0v) is 19.6. The van der Waals surface area contributed by atoms with E-state index in [1.54, 1.807) is 13.4 Å². The first-order valence-corrected chi connectivity index (χ1v) is 12.0. The van der Waals surface area contributed by atoms with Crippen LogP contribution in [0, 0.1) is 5.92 Å². The molecular weight excluding hydrogens is 424 g/mol. The van der Waals surface area contributed by atoms with Gasteiger partial charge in [-0.2, -0.15) is 0 Å². The van der Waals surface area contributed by atoms with Crippen LogP contribution in [-0.2, 0) is 11.3 Å². The molecule has 1 saturated carbocycles. The van der Waals surface area contributed by atoms with Crippen molar-refractivity contribution >= 4 is 17.7 Å². The quantitative estimate of drug-likeness (QED) is 0.477. The van der Waals surface area contributed by atoms with Crippen LogP contribution in [0.1, 0.15) is 51.3 Å². The van der Waals surface area contributed by atoms with E-state index in [-0.39, 0.29) is 11.2 Å². The van der Waals surface area contributed by atoms with Gasteiger partial charge in [0.25, 0.3) is 0 Å². The minimum absolute atomic E-state index is 0.0522. The Morgan fingerprint density at radius 3 is 2.72 bits per heavy atom. The number of carbonyl (C=O) groups is 1. The average Bonchev–Trinajstić information content (AvgIpc) is 3.48. The van der Waals surface area contributed by atoms with Crippen molar-refractivity contribution in [2.45, 2.75) is 62.5 Å². The standard InChI is InChI=1S/C24H30N4O3S/c1-16-7-4-5-9-21(16)28-22(18-10-12-19(30-3)13-11-18)26-27-24(28)32-17(2)23(29)25-15-20-8-6-14-31-20/h6,8,10-14,16-17,21H,4-5,7,9,15H2,1-3H3,(H,25,29)/t16-,17-,21+/m1/s1. The molecule has 1 N–H and O–H groups in total. The van der Waals surface area contributed by atoms with E-state index in [0.717, 1.165) is 34.5 Å². The molecule has 2 heterocycles. The Hall–Kier alpha value is -2.74. The Morgan fingerprint density at radius 2 is 2.03 bits per heavy atom. The number of aromatic nitrogens is 3. The summed E-state index contributed by atoms with van der Waals surface area (Å²) in [7, 11) is 1.66. The van der Waals surface area contributed by atoms with Gasteiger partial charge in [0.05, 0.1) is 25.2 Å². The van der Waals surface area contributed by atoms with Gasteiger partial charge in [-0.15, -0.1) is 10.2 Å². The Balaban J connectivity index is 1.57. The fraction of sp³-hybridized carbons (Fsp3) is 0.458. The number of benzene rings is 1. The number of hydrogen-bond acceptors (Lipinski definition) is 6. The predicted molar refractivity (Wildman–Crippen MR) is 125 cm³/mol. The van der Waals surface area contributed by atoms with Gasteiger partial charge in [0.1, 0.15) is 11.5 Å². The van der Waals surface area contributed by atoms with Crippen molar-refractivity contribution in [3.63, 3.8) is 0 Å². The second-order valence-electron chi connectivity index (χ2n) is 8.29. The molecule has 7 nitrogen and oxygen atoms in total. The summed E-state index contributed by atoms with van der Waals surface area (Å²) in [5.41, 5.74) is 0.998. The molecular formula is C24H30N4O3S. The van der Waals surface area contributed by atoms with E-state index in [1.165, 1.54) is 31.0 Å². The van der Waals surface area contributed by atoms with Crippen molar-refractivity contribution < 1.29 is 13.9 Å². The zero-order chi connectivity index (χ0) is 22.5. The molecule has 0 spiro atoms. The lowest BCUT2D eigenvalue weighted by molar-refractivity contribution is -0.120. The van der Waals surface area contributed by atoms with Crippen LogP contribution in [0.3, 0.4) is 0 Å². The summed E-state index contributed by atoms with van der Waals surface area (Å²) in [6.07, 6.45) is 6.33.